The molecule has 2 aliphatic carbocycles. The van der Waals surface area contributed by atoms with Crippen molar-refractivity contribution in [2.45, 2.75) is 63.3 Å². The second-order valence-electron chi connectivity index (χ2n) is 6.66. The Kier molecular flexibility index (Phi) is 4.52. The van der Waals surface area contributed by atoms with Gasteiger partial charge in [0.05, 0.1) is 19.8 Å². The van der Waals surface area contributed by atoms with Crippen LogP contribution in [0.5, 0.6) is 0 Å². The monoisotopic (exact) mass is 296 g/mol. The fraction of sp³-hybridized carbons (Fsp3) is 0.938. The molecule has 1 amide bonds. The fourth-order valence-corrected chi connectivity index (χ4v) is 3.73. The molecule has 0 bridgehead atoms. The Bertz CT molecular complexity index is 368. The predicted octanol–water partition coefficient (Wildman–Crippen LogP) is 1.61. The van der Waals surface area contributed by atoms with E-state index >= 15 is 0 Å². The number of likely N-dealkylation sites (N-methyl/N-ethyl adjacent to an activating group) is 2. The van der Waals surface area contributed by atoms with Crippen LogP contribution in [0.1, 0.15) is 45.4 Å². The number of hydrogen-bond donors (Lipinski definition) is 0. The fourth-order valence-electron chi connectivity index (χ4n) is 3.73. The van der Waals surface area contributed by atoms with Crippen LogP contribution in [-0.4, -0.2) is 66.9 Å². The molecule has 0 radical (unpaired) electrons. The van der Waals surface area contributed by atoms with E-state index in [-0.39, 0.29) is 11.7 Å². The van der Waals surface area contributed by atoms with Crippen LogP contribution in [0.4, 0.5) is 0 Å². The molecule has 2 saturated carbocycles. The SMILES string of the molecule is CCN(C(=O)CN(C)C1CCC2(CC1)OCCO2)C1CC1. The summed E-state index contributed by atoms with van der Waals surface area (Å²) in [6.45, 7) is 4.92. The van der Waals surface area contributed by atoms with E-state index in [0.717, 1.165) is 45.4 Å². The molecule has 0 aromatic carbocycles. The summed E-state index contributed by atoms with van der Waals surface area (Å²) in [5, 5.41) is 0. The van der Waals surface area contributed by atoms with Gasteiger partial charge in [0.25, 0.3) is 0 Å². The van der Waals surface area contributed by atoms with Crippen molar-refractivity contribution in [3.63, 3.8) is 0 Å². The summed E-state index contributed by atoms with van der Waals surface area (Å²) in [7, 11) is 2.08. The second-order valence-corrected chi connectivity index (χ2v) is 6.66. The van der Waals surface area contributed by atoms with Crippen molar-refractivity contribution < 1.29 is 14.3 Å². The summed E-state index contributed by atoms with van der Waals surface area (Å²) in [4.78, 5) is 16.7. The molecule has 1 spiro atoms. The van der Waals surface area contributed by atoms with E-state index in [1.165, 1.54) is 12.8 Å². The summed E-state index contributed by atoms with van der Waals surface area (Å²) in [6.07, 6.45) is 6.39. The lowest BCUT2D eigenvalue weighted by Crippen LogP contribution is -2.47. The molecule has 3 aliphatic rings. The van der Waals surface area contributed by atoms with Gasteiger partial charge in [-0.2, -0.15) is 0 Å². The van der Waals surface area contributed by atoms with Crippen LogP contribution in [0, 0.1) is 0 Å². The summed E-state index contributed by atoms with van der Waals surface area (Å²) in [5.74, 6) is -0.0127. The van der Waals surface area contributed by atoms with Gasteiger partial charge in [-0.1, -0.05) is 0 Å². The molecule has 1 saturated heterocycles. The number of rotatable bonds is 5. The van der Waals surface area contributed by atoms with Crippen LogP contribution in [0.15, 0.2) is 0 Å². The maximum absolute atomic E-state index is 12.4. The lowest BCUT2D eigenvalue weighted by molar-refractivity contribution is -0.183. The predicted molar refractivity (Wildman–Crippen MR) is 79.9 cm³/mol. The molecule has 0 aromatic rings. The van der Waals surface area contributed by atoms with Crippen LogP contribution in [-0.2, 0) is 14.3 Å². The first-order valence-electron chi connectivity index (χ1n) is 8.41. The molecular weight excluding hydrogens is 268 g/mol. The first kappa shape index (κ1) is 15.3. The Hall–Kier alpha value is -0.650. The van der Waals surface area contributed by atoms with Gasteiger partial charge in [0.15, 0.2) is 5.79 Å². The first-order chi connectivity index (χ1) is 10.1. The van der Waals surface area contributed by atoms with E-state index in [1.54, 1.807) is 0 Å². The molecule has 0 atom stereocenters. The van der Waals surface area contributed by atoms with Gasteiger partial charge in [0.1, 0.15) is 0 Å². The van der Waals surface area contributed by atoms with Gasteiger partial charge in [-0.15, -0.1) is 0 Å². The number of ether oxygens (including phenoxy) is 2. The van der Waals surface area contributed by atoms with Crippen molar-refractivity contribution in [1.29, 1.82) is 0 Å². The van der Waals surface area contributed by atoms with Gasteiger partial charge in [-0.05, 0) is 39.7 Å². The third-order valence-corrected chi connectivity index (χ3v) is 5.19. The summed E-state index contributed by atoms with van der Waals surface area (Å²) in [5.41, 5.74) is 0. The molecule has 5 nitrogen and oxygen atoms in total. The van der Waals surface area contributed by atoms with Gasteiger partial charge in [0.2, 0.25) is 5.91 Å². The third kappa shape index (κ3) is 3.41. The number of hydrogen-bond acceptors (Lipinski definition) is 4. The summed E-state index contributed by atoms with van der Waals surface area (Å²) in [6, 6.07) is 0.996. The lowest BCUT2D eigenvalue weighted by atomic mass is 9.89. The summed E-state index contributed by atoms with van der Waals surface area (Å²) < 4.78 is 11.5. The number of nitrogens with zero attached hydrogens (tertiary/aromatic N) is 2. The van der Waals surface area contributed by atoms with Crippen molar-refractivity contribution >= 4 is 5.91 Å². The molecule has 1 aliphatic heterocycles. The molecule has 0 aromatic heterocycles. The number of carbonyl (C=O) groups excluding carboxylic acids is 1. The Morgan fingerprint density at radius 3 is 2.24 bits per heavy atom. The highest BCUT2D eigenvalue weighted by Gasteiger charge is 2.41. The van der Waals surface area contributed by atoms with Crippen molar-refractivity contribution in [1.82, 2.24) is 9.80 Å². The average Bonchev–Trinajstić information content (AvgIpc) is 3.21. The molecule has 5 heteroatoms. The van der Waals surface area contributed by atoms with E-state index in [1.807, 2.05) is 4.90 Å². The zero-order valence-corrected chi connectivity index (χ0v) is 13.3. The average molecular weight is 296 g/mol. The minimum atomic E-state index is -0.301. The Balaban J connectivity index is 1.47. The van der Waals surface area contributed by atoms with E-state index in [4.69, 9.17) is 9.47 Å². The molecule has 1 heterocycles. The number of carbonyl (C=O) groups is 1. The highest BCUT2D eigenvalue weighted by Crippen LogP contribution is 2.37. The van der Waals surface area contributed by atoms with Crippen molar-refractivity contribution in [3.8, 4) is 0 Å². The third-order valence-electron chi connectivity index (χ3n) is 5.19. The normalized spacial score (nSPS) is 25.7. The Labute approximate surface area is 127 Å². The maximum atomic E-state index is 12.4. The quantitative estimate of drug-likeness (QED) is 0.773. The second kappa shape index (κ2) is 6.23. The van der Waals surface area contributed by atoms with Crippen molar-refractivity contribution in [3.05, 3.63) is 0 Å². The molecule has 3 fully saturated rings. The van der Waals surface area contributed by atoms with Crippen molar-refractivity contribution in [2.75, 3.05) is 33.4 Å². The van der Waals surface area contributed by atoms with Crippen LogP contribution in [0.3, 0.4) is 0 Å². The molecule has 120 valence electrons. The standard InChI is InChI=1S/C16H28N2O3/c1-3-18(14-4-5-14)15(19)12-17(2)13-6-8-16(9-7-13)20-10-11-21-16/h13-14H,3-12H2,1-2H3. The van der Waals surface area contributed by atoms with Crippen molar-refractivity contribution in [2.24, 2.45) is 0 Å². The van der Waals surface area contributed by atoms with E-state index in [2.05, 4.69) is 18.9 Å². The lowest BCUT2D eigenvalue weighted by Gasteiger charge is -2.39. The number of amides is 1. The van der Waals surface area contributed by atoms with Crippen LogP contribution >= 0.6 is 0 Å². The van der Waals surface area contributed by atoms with Gasteiger partial charge in [-0.25, -0.2) is 0 Å². The maximum Gasteiger partial charge on any atom is 0.236 e. The zero-order chi connectivity index (χ0) is 14.9. The Morgan fingerprint density at radius 1 is 1.10 bits per heavy atom. The van der Waals surface area contributed by atoms with Gasteiger partial charge >= 0.3 is 0 Å². The van der Waals surface area contributed by atoms with E-state index in [9.17, 15) is 4.79 Å². The van der Waals surface area contributed by atoms with Gasteiger partial charge in [0, 0.05) is 31.5 Å². The molecule has 0 N–H and O–H groups in total. The minimum Gasteiger partial charge on any atom is -0.348 e. The Morgan fingerprint density at radius 2 is 1.71 bits per heavy atom. The molecule has 3 rings (SSSR count). The van der Waals surface area contributed by atoms with E-state index < -0.39 is 0 Å². The van der Waals surface area contributed by atoms with Gasteiger partial charge < -0.3 is 14.4 Å². The van der Waals surface area contributed by atoms with Crippen LogP contribution in [0.2, 0.25) is 0 Å². The van der Waals surface area contributed by atoms with Crippen LogP contribution < -0.4 is 0 Å². The summed E-state index contributed by atoms with van der Waals surface area (Å²) >= 11 is 0. The largest absolute Gasteiger partial charge is 0.348 e. The van der Waals surface area contributed by atoms with Gasteiger partial charge in [-0.3, -0.25) is 9.69 Å². The molecular formula is C16H28N2O3. The van der Waals surface area contributed by atoms with Crippen LogP contribution in [0.25, 0.3) is 0 Å². The molecule has 0 unspecified atom stereocenters. The zero-order valence-electron chi connectivity index (χ0n) is 13.3. The minimum absolute atomic E-state index is 0.288. The topological polar surface area (TPSA) is 42.0 Å². The van der Waals surface area contributed by atoms with E-state index in [0.29, 0.717) is 18.6 Å². The highest BCUT2D eigenvalue weighted by atomic mass is 16.7. The highest BCUT2D eigenvalue weighted by molar-refractivity contribution is 5.78. The molecule has 21 heavy (non-hydrogen) atoms. The smallest absolute Gasteiger partial charge is 0.236 e. The first-order valence-corrected chi connectivity index (χ1v) is 8.41.